The largest absolute Gasteiger partial charge is 0.464 e. The van der Waals surface area contributed by atoms with Crippen LogP contribution in [0.25, 0.3) is 0 Å². The van der Waals surface area contributed by atoms with Crippen LogP contribution < -0.4 is 0 Å². The van der Waals surface area contributed by atoms with E-state index in [0.29, 0.717) is 6.42 Å². The Balaban J connectivity index is 0. The number of hydrogen-bond donors (Lipinski definition) is 1. The fourth-order valence-corrected chi connectivity index (χ4v) is 2.22. The number of rotatable bonds is 12. The van der Waals surface area contributed by atoms with Crippen molar-refractivity contribution in [3.63, 3.8) is 0 Å². The van der Waals surface area contributed by atoms with Gasteiger partial charge in [-0.25, -0.2) is 9.59 Å². The van der Waals surface area contributed by atoms with Crippen LogP contribution in [-0.2, 0) is 38.7 Å². The molecule has 0 aromatic rings. The minimum absolute atomic E-state index is 0. The number of esters is 3. The lowest BCUT2D eigenvalue weighted by Gasteiger charge is -2.30. The molecular weight excluding hydrogens is 405 g/mol. The third-order valence-electron chi connectivity index (χ3n) is 3.39. The second-order valence-electron chi connectivity index (χ2n) is 6.17. The fourth-order valence-electron chi connectivity index (χ4n) is 1.93. The van der Waals surface area contributed by atoms with Crippen LogP contribution in [0.3, 0.4) is 0 Å². The highest BCUT2D eigenvalue weighted by molar-refractivity contribution is 7.85. The average Bonchev–Trinajstić information content (AvgIpc) is 2.55. The second-order valence-corrected chi connectivity index (χ2v) is 7.74. The van der Waals surface area contributed by atoms with Crippen LogP contribution in [0, 0.1) is 5.41 Å². The Morgan fingerprint density at radius 1 is 0.964 bits per heavy atom. The van der Waals surface area contributed by atoms with Crippen LogP contribution in [0.4, 0.5) is 0 Å². The maximum Gasteiger partial charge on any atom is 0.333 e. The molecule has 28 heavy (non-hydrogen) atoms. The molecule has 0 fully saturated rings. The Kier molecular flexibility index (Phi) is 13.3. The maximum atomic E-state index is 12.6. The number of ether oxygens (including phenoxy) is 3. The molecule has 0 aromatic carbocycles. The Hall–Kier alpha value is -1.43. The molecule has 0 aliphatic rings. The Morgan fingerprint density at radius 3 is 1.71 bits per heavy atom. The van der Waals surface area contributed by atoms with Crippen molar-refractivity contribution in [3.05, 3.63) is 24.3 Å². The minimum atomic E-state index is -4.32. The first kappa shape index (κ1) is 28.8. The summed E-state index contributed by atoms with van der Waals surface area (Å²) in [4.78, 5) is 36.0. The molecule has 158 valence electrons. The first-order valence-corrected chi connectivity index (χ1v) is 9.73. The molecule has 0 bridgehead atoms. The SMILES string of the molecule is C=C(C)C(=O)OCC(CCC)(COC(=O)C(=C)C)C(=O)OCCS(=O)(=O)O.[MgH2]. The van der Waals surface area contributed by atoms with Gasteiger partial charge >= 0.3 is 41.0 Å². The van der Waals surface area contributed by atoms with E-state index in [2.05, 4.69) is 13.2 Å². The van der Waals surface area contributed by atoms with Gasteiger partial charge in [-0.3, -0.25) is 9.35 Å². The zero-order valence-electron chi connectivity index (χ0n) is 15.8. The molecule has 0 radical (unpaired) electrons. The predicted molar refractivity (Wildman–Crippen MR) is 105 cm³/mol. The van der Waals surface area contributed by atoms with Gasteiger partial charge in [0.25, 0.3) is 10.1 Å². The van der Waals surface area contributed by atoms with Gasteiger partial charge in [0.1, 0.15) is 31.0 Å². The smallest absolute Gasteiger partial charge is 0.333 e. The lowest BCUT2D eigenvalue weighted by Crippen LogP contribution is -2.43. The summed E-state index contributed by atoms with van der Waals surface area (Å²) in [5.41, 5.74) is -1.32. The topological polar surface area (TPSA) is 133 Å². The van der Waals surface area contributed by atoms with Crippen molar-refractivity contribution in [1.29, 1.82) is 0 Å². The highest BCUT2D eigenvalue weighted by Crippen LogP contribution is 2.28. The lowest BCUT2D eigenvalue weighted by atomic mass is 9.85. The van der Waals surface area contributed by atoms with Crippen molar-refractivity contribution < 1.29 is 41.6 Å². The average molecular weight is 433 g/mol. The van der Waals surface area contributed by atoms with E-state index < -0.39 is 59.0 Å². The summed E-state index contributed by atoms with van der Waals surface area (Å²) in [6.07, 6.45) is 0.577. The normalized spacial score (nSPS) is 11.0. The molecule has 0 aliphatic carbocycles. The Labute approximate surface area is 181 Å². The monoisotopic (exact) mass is 432 g/mol. The van der Waals surface area contributed by atoms with E-state index in [4.69, 9.17) is 18.8 Å². The van der Waals surface area contributed by atoms with Gasteiger partial charge in [-0.1, -0.05) is 26.5 Å². The van der Waals surface area contributed by atoms with Crippen LogP contribution in [-0.4, -0.2) is 79.5 Å². The van der Waals surface area contributed by atoms with Crippen LogP contribution in [0.1, 0.15) is 33.6 Å². The third kappa shape index (κ3) is 10.8. The van der Waals surface area contributed by atoms with Gasteiger partial charge in [0.05, 0.1) is 0 Å². The van der Waals surface area contributed by atoms with Crippen molar-refractivity contribution in [2.24, 2.45) is 5.41 Å². The van der Waals surface area contributed by atoms with Crippen molar-refractivity contribution >= 4 is 51.1 Å². The van der Waals surface area contributed by atoms with Crippen LogP contribution in [0.5, 0.6) is 0 Å². The molecule has 0 aromatic heterocycles. The van der Waals surface area contributed by atoms with E-state index in [-0.39, 0.29) is 40.6 Å². The number of hydrogen-bond acceptors (Lipinski definition) is 8. The van der Waals surface area contributed by atoms with Crippen LogP contribution in [0.2, 0.25) is 0 Å². The minimum Gasteiger partial charge on any atom is -0.464 e. The summed E-state index contributed by atoms with van der Waals surface area (Å²) in [6, 6.07) is 0. The van der Waals surface area contributed by atoms with Gasteiger partial charge in [-0.05, 0) is 20.3 Å². The summed E-state index contributed by atoms with van der Waals surface area (Å²) in [5.74, 6) is -3.20. The number of carbonyl (C=O) groups is 3. The van der Waals surface area contributed by atoms with E-state index in [1.165, 1.54) is 13.8 Å². The zero-order chi connectivity index (χ0) is 21.3. The van der Waals surface area contributed by atoms with Gasteiger partial charge in [0.2, 0.25) is 0 Å². The standard InChI is InChI=1S/C17H26O9S.Mg.2H/c1-6-7-17(10-25-14(18)12(2)3,11-26-15(19)13(4)5)16(20)24-8-9-27(21,22)23;;;/h2,4,6-11H2,1,3,5H3,(H,21,22,23);;;. The molecule has 0 unspecified atom stereocenters. The Morgan fingerprint density at radius 2 is 1.39 bits per heavy atom. The van der Waals surface area contributed by atoms with E-state index in [1.807, 2.05) is 0 Å². The molecule has 0 rings (SSSR count). The molecule has 0 saturated carbocycles. The predicted octanol–water partition coefficient (Wildman–Crippen LogP) is 0.526. The first-order valence-electron chi connectivity index (χ1n) is 8.12. The van der Waals surface area contributed by atoms with E-state index in [9.17, 15) is 22.8 Å². The quantitative estimate of drug-likeness (QED) is 0.154. The first-order chi connectivity index (χ1) is 12.3. The van der Waals surface area contributed by atoms with Gasteiger partial charge in [0.15, 0.2) is 0 Å². The summed E-state index contributed by atoms with van der Waals surface area (Å²) in [7, 11) is -4.32. The van der Waals surface area contributed by atoms with Gasteiger partial charge in [-0.2, -0.15) is 8.42 Å². The summed E-state index contributed by atoms with van der Waals surface area (Å²) in [5, 5.41) is 0. The number of carbonyl (C=O) groups excluding carboxylic acids is 3. The summed E-state index contributed by atoms with van der Waals surface area (Å²) < 4.78 is 45.3. The van der Waals surface area contributed by atoms with E-state index in [1.54, 1.807) is 6.92 Å². The Bertz CT molecular complexity index is 667. The molecule has 0 atom stereocenters. The third-order valence-corrected chi connectivity index (χ3v) is 4.07. The van der Waals surface area contributed by atoms with Gasteiger partial charge in [0, 0.05) is 11.1 Å². The summed E-state index contributed by atoms with van der Waals surface area (Å²) >= 11 is 0. The molecule has 0 amide bonds. The van der Waals surface area contributed by atoms with E-state index in [0.717, 1.165) is 0 Å². The molecule has 9 nitrogen and oxygen atoms in total. The fraction of sp³-hybridized carbons (Fsp3) is 0.588. The zero-order valence-corrected chi connectivity index (χ0v) is 16.6. The van der Waals surface area contributed by atoms with Crippen molar-refractivity contribution in [2.75, 3.05) is 25.6 Å². The highest BCUT2D eigenvalue weighted by Gasteiger charge is 2.42. The molecule has 0 heterocycles. The molecule has 0 spiro atoms. The molecule has 11 heteroatoms. The second kappa shape index (κ2) is 12.9. The lowest BCUT2D eigenvalue weighted by molar-refractivity contribution is -0.170. The van der Waals surface area contributed by atoms with Gasteiger partial charge in [-0.15, -0.1) is 0 Å². The van der Waals surface area contributed by atoms with Gasteiger partial charge < -0.3 is 14.2 Å². The highest BCUT2D eigenvalue weighted by atomic mass is 32.2. The van der Waals surface area contributed by atoms with Crippen LogP contribution in [0.15, 0.2) is 24.3 Å². The molecular formula is C17H28MgO9S. The van der Waals surface area contributed by atoms with Crippen molar-refractivity contribution in [2.45, 2.75) is 33.6 Å². The van der Waals surface area contributed by atoms with Crippen LogP contribution >= 0.6 is 0 Å². The summed E-state index contributed by atoms with van der Waals surface area (Å²) in [6.45, 7) is 9.96. The van der Waals surface area contributed by atoms with E-state index >= 15 is 0 Å². The maximum absolute atomic E-state index is 12.6. The molecule has 1 N–H and O–H groups in total. The molecule has 0 saturated heterocycles. The van der Waals surface area contributed by atoms with Crippen molar-refractivity contribution in [3.8, 4) is 0 Å². The van der Waals surface area contributed by atoms with Crippen molar-refractivity contribution in [1.82, 2.24) is 0 Å². The molecule has 0 aliphatic heterocycles.